The van der Waals surface area contributed by atoms with E-state index in [1.54, 1.807) is 29.3 Å². The number of rotatable bonds is 7. The van der Waals surface area contributed by atoms with Gasteiger partial charge >= 0.3 is 0 Å². The molecule has 35 heavy (non-hydrogen) atoms. The molecule has 3 heterocycles. The number of hydrogen-bond donors (Lipinski definition) is 0. The first-order chi connectivity index (χ1) is 16.9. The molecular weight excluding hydrogens is 462 g/mol. The van der Waals surface area contributed by atoms with E-state index in [-0.39, 0.29) is 17.2 Å². The summed E-state index contributed by atoms with van der Waals surface area (Å²) in [4.78, 5) is 32.9. The van der Waals surface area contributed by atoms with Crippen molar-refractivity contribution in [3.8, 4) is 0 Å². The fourth-order valence-corrected chi connectivity index (χ4v) is 7.27. The molecule has 0 aliphatic carbocycles. The number of benzene rings is 2. The van der Waals surface area contributed by atoms with Crippen LogP contribution < -0.4 is 0 Å². The van der Waals surface area contributed by atoms with Crippen LogP contribution in [0.4, 0.5) is 0 Å². The van der Waals surface area contributed by atoms with Crippen molar-refractivity contribution in [2.24, 2.45) is 5.92 Å². The molecule has 0 radical (unpaired) electrons. The predicted octanol–water partition coefficient (Wildman–Crippen LogP) is 3.78. The molecule has 0 spiro atoms. The summed E-state index contributed by atoms with van der Waals surface area (Å²) in [5.74, 6) is -0.958. The Labute approximate surface area is 205 Å². The van der Waals surface area contributed by atoms with E-state index in [9.17, 15) is 18.0 Å². The van der Waals surface area contributed by atoms with E-state index in [1.165, 1.54) is 0 Å². The van der Waals surface area contributed by atoms with Crippen molar-refractivity contribution in [3.05, 3.63) is 72.6 Å². The Hall–Kier alpha value is -3.26. The molecule has 2 amide bonds. The van der Waals surface area contributed by atoms with Gasteiger partial charge in [0.15, 0.2) is 0 Å². The molecule has 2 aliphatic heterocycles. The molecule has 7 nitrogen and oxygen atoms in total. The lowest BCUT2D eigenvalue weighted by molar-refractivity contribution is -0.134. The molecule has 2 aliphatic rings. The third-order valence-electron chi connectivity index (χ3n) is 7.19. The highest BCUT2D eigenvalue weighted by Crippen LogP contribution is 2.42. The number of sulfonamides is 1. The minimum atomic E-state index is -4.05. The van der Waals surface area contributed by atoms with E-state index in [1.807, 2.05) is 49.4 Å². The zero-order valence-corrected chi connectivity index (χ0v) is 20.5. The van der Waals surface area contributed by atoms with Gasteiger partial charge in [0.2, 0.25) is 11.8 Å². The summed E-state index contributed by atoms with van der Waals surface area (Å²) in [7, 11) is -4.05. The smallest absolute Gasteiger partial charge is 0.266 e. The van der Waals surface area contributed by atoms with Crippen LogP contribution in [0.1, 0.15) is 38.3 Å². The molecule has 3 atom stereocenters. The van der Waals surface area contributed by atoms with Gasteiger partial charge in [-0.05, 0) is 54.3 Å². The molecule has 8 heteroatoms. The number of amides is 2. The molecule has 182 valence electrons. The van der Waals surface area contributed by atoms with Crippen molar-refractivity contribution in [2.45, 2.75) is 56.0 Å². The Morgan fingerprint density at radius 2 is 1.83 bits per heavy atom. The summed E-state index contributed by atoms with van der Waals surface area (Å²) in [6, 6.07) is 17.2. The first-order valence-electron chi connectivity index (χ1n) is 12.2. The highest BCUT2D eigenvalue weighted by Gasteiger charge is 2.58. The molecule has 2 saturated heterocycles. The number of carbonyl (C=O) groups is 2. The Morgan fingerprint density at radius 1 is 1.06 bits per heavy atom. The first kappa shape index (κ1) is 23.5. The molecule has 1 aromatic heterocycles. The van der Waals surface area contributed by atoms with Crippen LogP contribution >= 0.6 is 0 Å². The average molecular weight is 492 g/mol. The van der Waals surface area contributed by atoms with E-state index in [0.717, 1.165) is 27.2 Å². The third kappa shape index (κ3) is 4.20. The maximum Gasteiger partial charge on any atom is 0.266 e. The maximum absolute atomic E-state index is 13.8. The highest BCUT2D eigenvalue weighted by atomic mass is 32.2. The molecule has 5 rings (SSSR count). The minimum absolute atomic E-state index is 0.0537. The summed E-state index contributed by atoms with van der Waals surface area (Å²) < 4.78 is 28.6. The van der Waals surface area contributed by atoms with Crippen LogP contribution in [0.3, 0.4) is 0 Å². The number of hydrogen-bond acceptors (Lipinski definition) is 5. The van der Waals surface area contributed by atoms with Gasteiger partial charge in [0.1, 0.15) is 0 Å². The van der Waals surface area contributed by atoms with Crippen molar-refractivity contribution in [1.29, 1.82) is 0 Å². The minimum Gasteiger partial charge on any atom is -0.337 e. The van der Waals surface area contributed by atoms with E-state index < -0.39 is 33.9 Å². The zero-order chi connectivity index (χ0) is 24.6. The van der Waals surface area contributed by atoms with Crippen LogP contribution in [0.2, 0.25) is 0 Å². The Bertz CT molecular complexity index is 1360. The molecule has 3 aromatic rings. The summed E-state index contributed by atoms with van der Waals surface area (Å²) in [6.45, 7) is 2.43. The normalized spacial score (nSPS) is 22.1. The van der Waals surface area contributed by atoms with Gasteiger partial charge in [-0.25, -0.2) is 12.7 Å². The lowest BCUT2D eigenvalue weighted by atomic mass is 9.94. The summed E-state index contributed by atoms with van der Waals surface area (Å²) >= 11 is 0. The van der Waals surface area contributed by atoms with E-state index >= 15 is 0 Å². The Balaban J connectivity index is 1.43. The van der Waals surface area contributed by atoms with Gasteiger partial charge in [0.05, 0.1) is 22.9 Å². The van der Waals surface area contributed by atoms with Crippen molar-refractivity contribution in [3.63, 3.8) is 0 Å². The monoisotopic (exact) mass is 491 g/mol. The van der Waals surface area contributed by atoms with Gasteiger partial charge in [-0.1, -0.05) is 49.7 Å². The van der Waals surface area contributed by atoms with Crippen LogP contribution in [0, 0.1) is 5.92 Å². The predicted molar refractivity (Wildman–Crippen MR) is 133 cm³/mol. The lowest BCUT2D eigenvalue weighted by Gasteiger charge is -2.27. The topological polar surface area (TPSA) is 87.7 Å². The number of likely N-dealkylation sites (tertiary alicyclic amines) is 1. The molecule has 2 fully saturated rings. The molecule has 2 aromatic carbocycles. The fourth-order valence-electron chi connectivity index (χ4n) is 5.57. The van der Waals surface area contributed by atoms with Crippen molar-refractivity contribution >= 4 is 32.6 Å². The second kappa shape index (κ2) is 9.41. The highest BCUT2D eigenvalue weighted by molar-refractivity contribution is 7.89. The molecule has 0 unspecified atom stereocenters. The fraction of sp³-hybridized carbons (Fsp3) is 0.370. The van der Waals surface area contributed by atoms with Crippen molar-refractivity contribution < 1.29 is 18.0 Å². The summed E-state index contributed by atoms with van der Waals surface area (Å²) in [5.41, 5.74) is 0.838. The van der Waals surface area contributed by atoms with Crippen LogP contribution in [0.5, 0.6) is 0 Å². The van der Waals surface area contributed by atoms with Crippen LogP contribution in [-0.2, 0) is 26.0 Å². The van der Waals surface area contributed by atoms with Gasteiger partial charge < -0.3 is 4.90 Å². The molecule has 0 bridgehead atoms. The van der Waals surface area contributed by atoms with Crippen LogP contribution in [0.15, 0.2) is 71.8 Å². The van der Waals surface area contributed by atoms with Gasteiger partial charge in [0, 0.05) is 24.9 Å². The number of fused-ring (bicyclic) bond motifs is 2. The largest absolute Gasteiger partial charge is 0.337 e. The number of pyridine rings is 1. The van der Waals surface area contributed by atoms with E-state index in [4.69, 9.17) is 0 Å². The van der Waals surface area contributed by atoms with Crippen LogP contribution in [0.25, 0.3) is 10.8 Å². The second-order valence-electron chi connectivity index (χ2n) is 9.30. The summed E-state index contributed by atoms with van der Waals surface area (Å²) in [6.07, 6.45) is 4.24. The third-order valence-corrected chi connectivity index (χ3v) is 9.00. The molecule has 0 N–H and O–H groups in total. The second-order valence-corrected chi connectivity index (χ2v) is 11.1. The van der Waals surface area contributed by atoms with Gasteiger partial charge in [0.25, 0.3) is 10.0 Å². The molecule has 0 saturated carbocycles. The van der Waals surface area contributed by atoms with Crippen molar-refractivity contribution in [1.82, 2.24) is 14.2 Å². The SMILES string of the molecule is CCC[C@H]1C(=O)N(S(=O)(=O)c2ccc3ccccc3c2)[C@H]2CCN(C(=O)CCc3ccccn3)[C@H]12. The van der Waals surface area contributed by atoms with Crippen LogP contribution in [-0.4, -0.2) is 53.0 Å². The van der Waals surface area contributed by atoms with Gasteiger partial charge in [-0.15, -0.1) is 0 Å². The van der Waals surface area contributed by atoms with E-state index in [2.05, 4.69) is 4.98 Å². The quantitative estimate of drug-likeness (QED) is 0.502. The van der Waals surface area contributed by atoms with E-state index in [0.29, 0.717) is 25.8 Å². The first-order valence-corrected chi connectivity index (χ1v) is 13.6. The average Bonchev–Trinajstić information content (AvgIpc) is 3.41. The Kier molecular flexibility index (Phi) is 6.32. The number of aromatic nitrogens is 1. The lowest BCUT2D eigenvalue weighted by Crippen LogP contribution is -2.43. The number of carbonyl (C=O) groups excluding carboxylic acids is 2. The van der Waals surface area contributed by atoms with Gasteiger partial charge in [-0.2, -0.15) is 0 Å². The molecular formula is C27H29N3O4S. The zero-order valence-electron chi connectivity index (χ0n) is 19.7. The number of nitrogens with zero attached hydrogens (tertiary/aromatic N) is 3. The summed E-state index contributed by atoms with van der Waals surface area (Å²) in [5, 5.41) is 1.74. The van der Waals surface area contributed by atoms with Gasteiger partial charge in [-0.3, -0.25) is 14.6 Å². The Morgan fingerprint density at radius 3 is 2.57 bits per heavy atom. The maximum atomic E-state index is 13.8. The van der Waals surface area contributed by atoms with Crippen molar-refractivity contribution in [2.75, 3.05) is 6.54 Å². The number of aryl methyl sites for hydroxylation is 1. The standard InChI is InChI=1S/C27H29N3O4S/c1-2-7-23-26-24(15-17-29(26)25(31)14-12-21-10-5-6-16-28-21)30(27(23)32)35(33,34)22-13-11-19-8-3-4-9-20(19)18-22/h3-6,8-11,13,16,18,23-24,26H,2,7,12,14-15,17H2,1H3/t23-,24+,26-/m1/s1.